The second-order valence-corrected chi connectivity index (χ2v) is 0. The SMILES string of the molecule is I.S.[Cs].[Rb].[Re]. The van der Waals surface area contributed by atoms with E-state index in [1.54, 1.807) is 0 Å². The van der Waals surface area contributed by atoms with Crippen LogP contribution in [-0.4, -0.2) is 127 Å². The third-order valence-corrected chi connectivity index (χ3v) is 0. The molecule has 0 heterocycles. The summed E-state index contributed by atoms with van der Waals surface area (Å²) < 4.78 is 0. The predicted octanol–water partition coefficient (Wildman–Crippen LogP) is -0.0333. The molecule has 0 aromatic rings. The molecule has 0 aliphatic rings. The van der Waals surface area contributed by atoms with E-state index >= 15 is 0 Å². The smallest absolute Gasteiger partial charge is 0 e. The normalized spacial score (nSPS) is 0. The van der Waals surface area contributed by atoms with Crippen LogP contribution in [0.25, 0.3) is 0 Å². The number of hydrogen-bond acceptors (Lipinski definition) is 0. The van der Waals surface area contributed by atoms with E-state index in [4.69, 9.17) is 0 Å². The van der Waals surface area contributed by atoms with E-state index < -0.39 is 0 Å². The zero-order chi connectivity index (χ0) is 0. The number of halogens is 1. The first kappa shape index (κ1) is 31.2. The molecule has 0 bridgehead atoms. The van der Waals surface area contributed by atoms with E-state index in [0.717, 1.165) is 0 Å². The molecule has 0 N–H and O–H groups in total. The Morgan fingerprint density at radius 1 is 1.00 bits per heavy atom. The van der Waals surface area contributed by atoms with Gasteiger partial charge in [-0.25, -0.2) is 0 Å². The molecule has 0 aromatic heterocycles. The Labute approximate surface area is 178 Å². The van der Waals surface area contributed by atoms with E-state index in [1.165, 1.54) is 0 Å². The Morgan fingerprint density at radius 3 is 1.00 bits per heavy atom. The molecular formula is H3CsIRbReS. The molecule has 3 radical (unpaired) electrons. The summed E-state index contributed by atoms with van der Waals surface area (Å²) in [4.78, 5) is 0. The molecule has 0 atom stereocenters. The van der Waals surface area contributed by atoms with Crippen LogP contribution in [0.4, 0.5) is 0 Å². The van der Waals surface area contributed by atoms with E-state index in [-0.39, 0.29) is 185 Å². The van der Waals surface area contributed by atoms with Crippen molar-refractivity contribution in [1.82, 2.24) is 0 Å². The van der Waals surface area contributed by atoms with Crippen LogP contribution in [0.15, 0.2) is 0 Å². The van der Waals surface area contributed by atoms with Gasteiger partial charge >= 0.3 is 0 Å². The molecule has 0 spiro atoms. The fourth-order valence-corrected chi connectivity index (χ4v) is 0. The van der Waals surface area contributed by atoms with Crippen molar-refractivity contribution in [3.05, 3.63) is 0 Å². The first-order valence-corrected chi connectivity index (χ1v) is 0. The number of rotatable bonds is 0. The zero-order valence-electron chi connectivity index (χ0n) is 3.29. The molecule has 5 heteroatoms. The molecule has 0 fully saturated rings. The summed E-state index contributed by atoms with van der Waals surface area (Å²) in [5, 5.41) is 0. The van der Waals surface area contributed by atoms with Crippen molar-refractivity contribution in [3.63, 3.8) is 0 Å². The minimum atomic E-state index is 0. The van der Waals surface area contributed by atoms with Crippen molar-refractivity contribution >= 4 is 165 Å². The minimum Gasteiger partial charge on any atom is -0.197 e. The zero-order valence-corrected chi connectivity index (χ0v) is 20.5. The Morgan fingerprint density at radius 2 is 1.00 bits per heavy atom. The van der Waals surface area contributed by atoms with Gasteiger partial charge in [0.1, 0.15) is 0 Å². The molecule has 0 amide bonds. The van der Waals surface area contributed by atoms with Gasteiger partial charge in [-0.1, -0.05) is 0 Å². The monoisotopic (exact) mass is 567 g/mol. The van der Waals surface area contributed by atoms with Gasteiger partial charge in [0, 0.05) is 148 Å². The van der Waals surface area contributed by atoms with Crippen molar-refractivity contribution in [3.8, 4) is 0 Å². The van der Waals surface area contributed by atoms with Crippen molar-refractivity contribution in [2.75, 3.05) is 0 Å². The molecule has 0 nitrogen and oxygen atoms in total. The Hall–Kier alpha value is 5.60. The maximum atomic E-state index is 0. The predicted molar refractivity (Wildman–Crippen MR) is 37.3 cm³/mol. The first-order chi connectivity index (χ1) is 0. The summed E-state index contributed by atoms with van der Waals surface area (Å²) in [5.41, 5.74) is 0. The first-order valence-electron chi connectivity index (χ1n) is 0. The Balaban J connectivity index is 0. The molecule has 0 aliphatic heterocycles. The van der Waals surface area contributed by atoms with Gasteiger partial charge in [-0.3, -0.25) is 0 Å². The van der Waals surface area contributed by atoms with Gasteiger partial charge in [0.05, 0.1) is 0 Å². The molecule has 0 aromatic carbocycles. The quantitative estimate of drug-likeness (QED) is 0.362. The van der Waals surface area contributed by atoms with Gasteiger partial charge in [-0.15, -0.1) is 24.0 Å². The van der Waals surface area contributed by atoms with Gasteiger partial charge < -0.3 is 0 Å². The Kier molecular flexibility index (Phi) is 141. The second kappa shape index (κ2) is 22.6. The Bertz CT molecular complexity index is 11.6. The summed E-state index contributed by atoms with van der Waals surface area (Å²) in [7, 11) is 0. The van der Waals surface area contributed by atoms with E-state index in [2.05, 4.69) is 0 Å². The van der Waals surface area contributed by atoms with Crippen LogP contribution in [0, 0.1) is 0 Å². The van der Waals surface area contributed by atoms with Gasteiger partial charge in [-0.2, -0.15) is 13.5 Å². The van der Waals surface area contributed by atoms with Crippen molar-refractivity contribution < 1.29 is 20.4 Å². The van der Waals surface area contributed by atoms with Gasteiger partial charge in [0.15, 0.2) is 0 Å². The molecule has 0 rings (SSSR count). The maximum absolute atomic E-state index is 0. The summed E-state index contributed by atoms with van der Waals surface area (Å²) >= 11 is 0. The fraction of sp³-hybridized carbons (Fsp3) is 0. The third kappa shape index (κ3) is 17.7. The van der Waals surface area contributed by atoms with Crippen LogP contribution >= 0.6 is 37.5 Å². The molecule has 0 aliphatic carbocycles. The van der Waals surface area contributed by atoms with Gasteiger partial charge in [0.25, 0.3) is 0 Å². The van der Waals surface area contributed by atoms with Crippen LogP contribution < -0.4 is 0 Å². The van der Waals surface area contributed by atoms with Crippen LogP contribution in [0.2, 0.25) is 0 Å². The van der Waals surface area contributed by atoms with Gasteiger partial charge in [-0.05, 0) is 0 Å². The second-order valence-electron chi connectivity index (χ2n) is 0. The van der Waals surface area contributed by atoms with Crippen LogP contribution in [-0.2, 0) is 20.4 Å². The van der Waals surface area contributed by atoms with Crippen LogP contribution in [0.1, 0.15) is 0 Å². The van der Waals surface area contributed by atoms with Crippen molar-refractivity contribution in [2.24, 2.45) is 0 Å². The molecule has 25 valence electrons. The summed E-state index contributed by atoms with van der Waals surface area (Å²) in [6.45, 7) is 0. The molecule has 0 saturated carbocycles. The third-order valence-electron chi connectivity index (χ3n) is 0. The average molecular weight is 567 g/mol. The molecule has 0 unspecified atom stereocenters. The minimum absolute atomic E-state index is 0. The van der Waals surface area contributed by atoms with Crippen molar-refractivity contribution in [2.45, 2.75) is 0 Å². The van der Waals surface area contributed by atoms with E-state index in [1.807, 2.05) is 0 Å². The molecule has 0 saturated heterocycles. The van der Waals surface area contributed by atoms with E-state index in [9.17, 15) is 0 Å². The van der Waals surface area contributed by atoms with Gasteiger partial charge in [0.2, 0.25) is 0 Å². The standard InChI is InChI=1S/Cs.HI.Rb.Re.H2S/h;1H;;;1H2. The van der Waals surface area contributed by atoms with Crippen molar-refractivity contribution in [1.29, 1.82) is 0 Å². The van der Waals surface area contributed by atoms with E-state index in [0.29, 0.717) is 0 Å². The average Bonchev–Trinajstić information content (AvgIpc) is 0. The maximum Gasteiger partial charge on any atom is 0 e. The molecular weight excluding hydrogens is 564 g/mol. The summed E-state index contributed by atoms with van der Waals surface area (Å²) in [6, 6.07) is 0. The fourth-order valence-electron chi connectivity index (χ4n) is 0. The summed E-state index contributed by atoms with van der Waals surface area (Å²) in [6.07, 6.45) is 0. The molecule has 5 heavy (non-hydrogen) atoms. The van der Waals surface area contributed by atoms with Crippen LogP contribution in [0.5, 0.6) is 0 Å². The van der Waals surface area contributed by atoms with Crippen LogP contribution in [0.3, 0.4) is 0 Å². The number of hydrogen-bond donors (Lipinski definition) is 0. The summed E-state index contributed by atoms with van der Waals surface area (Å²) in [5.74, 6) is 0. The topological polar surface area (TPSA) is 0 Å². The largest absolute Gasteiger partial charge is 0.197 e.